The van der Waals surface area contributed by atoms with Gasteiger partial charge in [0.1, 0.15) is 5.56 Å². The van der Waals surface area contributed by atoms with Gasteiger partial charge >= 0.3 is 5.97 Å². The maximum absolute atomic E-state index is 12.7. The molecule has 146 valence electrons. The summed E-state index contributed by atoms with van der Waals surface area (Å²) in [4.78, 5) is 30.2. The summed E-state index contributed by atoms with van der Waals surface area (Å²) in [5, 5.41) is 14.1. The minimum atomic E-state index is -1.05. The largest absolute Gasteiger partial charge is 0.477 e. The fraction of sp³-hybridized carbons (Fsp3) is 0.273. The molecule has 1 amide bonds. The Hall–Kier alpha value is -3.66. The van der Waals surface area contributed by atoms with Crippen LogP contribution in [0.15, 0.2) is 36.5 Å². The lowest BCUT2D eigenvalue weighted by molar-refractivity contribution is -0.119. The van der Waals surface area contributed by atoms with Crippen LogP contribution in [0, 0.1) is 18.3 Å². The molecule has 0 aliphatic heterocycles. The lowest BCUT2D eigenvalue weighted by Gasteiger charge is -2.21. The van der Waals surface area contributed by atoms with Gasteiger partial charge in [0.15, 0.2) is 5.65 Å². The first-order chi connectivity index (χ1) is 14.0. The van der Waals surface area contributed by atoms with Crippen molar-refractivity contribution in [2.24, 2.45) is 5.92 Å². The number of hydrogen-bond donors (Lipinski definition) is 1. The highest BCUT2D eigenvalue weighted by Gasteiger charge is 2.34. The average Bonchev–Trinajstić information content (AvgIpc) is 3.50. The molecule has 0 unspecified atom stereocenters. The number of nitrogens with zero attached hydrogens (tertiary/aromatic N) is 4. The van der Waals surface area contributed by atoms with Gasteiger partial charge in [-0.05, 0) is 37.5 Å². The van der Waals surface area contributed by atoms with Gasteiger partial charge in [-0.3, -0.25) is 4.79 Å². The van der Waals surface area contributed by atoms with E-state index in [1.807, 2.05) is 31.2 Å². The third kappa shape index (κ3) is 3.34. The fourth-order valence-electron chi connectivity index (χ4n) is 3.45. The van der Waals surface area contributed by atoms with E-state index < -0.39 is 5.97 Å². The standard InChI is InChI=1S/C22H20N4O3/c1-3-12-25(21(27)14-8-9-14)16-7-5-6-15(13-16)18-10-11-23-20-19(22(28)29)17(4-2)24-26(18)20/h1,5-7,10-11,13-14H,4,8-9,12H2,2H3,(H,28,29). The Balaban J connectivity index is 1.83. The maximum Gasteiger partial charge on any atom is 0.341 e. The zero-order chi connectivity index (χ0) is 20.5. The van der Waals surface area contributed by atoms with Gasteiger partial charge in [0.05, 0.1) is 17.9 Å². The Labute approximate surface area is 168 Å². The van der Waals surface area contributed by atoms with Crippen molar-refractivity contribution in [2.75, 3.05) is 11.4 Å². The van der Waals surface area contributed by atoms with Gasteiger partial charge in [-0.1, -0.05) is 25.0 Å². The molecule has 0 spiro atoms. The van der Waals surface area contributed by atoms with Crippen molar-refractivity contribution in [3.05, 3.63) is 47.8 Å². The van der Waals surface area contributed by atoms with Crippen molar-refractivity contribution in [3.8, 4) is 23.6 Å². The summed E-state index contributed by atoms with van der Waals surface area (Å²) in [5.74, 6) is 1.61. The van der Waals surface area contributed by atoms with Crippen molar-refractivity contribution in [1.29, 1.82) is 0 Å². The van der Waals surface area contributed by atoms with Crippen LogP contribution >= 0.6 is 0 Å². The van der Waals surface area contributed by atoms with Crippen molar-refractivity contribution in [2.45, 2.75) is 26.2 Å². The van der Waals surface area contributed by atoms with E-state index in [0.717, 1.165) is 18.4 Å². The van der Waals surface area contributed by atoms with Gasteiger partial charge in [-0.25, -0.2) is 14.3 Å². The van der Waals surface area contributed by atoms with Crippen molar-refractivity contribution < 1.29 is 14.7 Å². The molecule has 29 heavy (non-hydrogen) atoms. The normalized spacial score (nSPS) is 13.2. The minimum Gasteiger partial charge on any atom is -0.477 e. The summed E-state index contributed by atoms with van der Waals surface area (Å²) >= 11 is 0. The molecular formula is C22H20N4O3. The molecule has 1 saturated carbocycles. The number of terminal acetylenes is 1. The van der Waals surface area contributed by atoms with Gasteiger partial charge in [0.25, 0.3) is 0 Å². The predicted octanol–water partition coefficient (Wildman–Crippen LogP) is 3.03. The lowest BCUT2D eigenvalue weighted by Crippen LogP contribution is -2.32. The average molecular weight is 388 g/mol. The molecule has 1 aliphatic carbocycles. The first-order valence-corrected chi connectivity index (χ1v) is 9.50. The lowest BCUT2D eigenvalue weighted by atomic mass is 10.1. The van der Waals surface area contributed by atoms with Crippen LogP contribution in [0.3, 0.4) is 0 Å². The highest BCUT2D eigenvalue weighted by Crippen LogP contribution is 2.34. The number of aromatic nitrogens is 3. The number of rotatable bonds is 6. The molecule has 4 rings (SSSR count). The number of fused-ring (bicyclic) bond motifs is 1. The van der Waals surface area contributed by atoms with Crippen LogP contribution in [0.1, 0.15) is 35.8 Å². The Kier molecular flexibility index (Phi) is 4.77. The third-order valence-corrected chi connectivity index (χ3v) is 5.04. The van der Waals surface area contributed by atoms with Crippen LogP contribution in [0.2, 0.25) is 0 Å². The monoisotopic (exact) mass is 388 g/mol. The Bertz CT molecular complexity index is 1150. The third-order valence-electron chi connectivity index (χ3n) is 5.04. The maximum atomic E-state index is 12.7. The zero-order valence-electron chi connectivity index (χ0n) is 16.0. The molecule has 7 nitrogen and oxygen atoms in total. The van der Waals surface area contributed by atoms with E-state index in [9.17, 15) is 14.7 Å². The quantitative estimate of drug-likeness (QED) is 0.656. The summed E-state index contributed by atoms with van der Waals surface area (Å²) in [6, 6.07) is 9.24. The minimum absolute atomic E-state index is 0.0421. The van der Waals surface area contributed by atoms with Crippen LogP contribution in [-0.4, -0.2) is 38.1 Å². The van der Waals surface area contributed by atoms with Gasteiger partial charge in [0.2, 0.25) is 5.91 Å². The summed E-state index contributed by atoms with van der Waals surface area (Å²) in [6.45, 7) is 2.06. The van der Waals surface area contributed by atoms with Crippen LogP contribution < -0.4 is 4.90 Å². The molecule has 1 aromatic carbocycles. The van der Waals surface area contributed by atoms with E-state index in [1.54, 1.807) is 21.7 Å². The molecule has 0 bridgehead atoms. The first kappa shape index (κ1) is 18.7. The fourth-order valence-corrected chi connectivity index (χ4v) is 3.45. The van der Waals surface area contributed by atoms with E-state index in [0.29, 0.717) is 29.1 Å². The van der Waals surface area contributed by atoms with Crippen molar-refractivity contribution in [3.63, 3.8) is 0 Å². The molecular weight excluding hydrogens is 368 g/mol. The number of aromatic carboxylic acids is 1. The Morgan fingerprint density at radius 1 is 1.34 bits per heavy atom. The molecule has 0 radical (unpaired) electrons. The van der Waals surface area contributed by atoms with E-state index >= 15 is 0 Å². The SMILES string of the molecule is C#CCN(C(=O)C1CC1)c1cccc(-c2ccnc3c(C(=O)O)c(CC)nn23)c1. The smallest absolute Gasteiger partial charge is 0.341 e. The van der Waals surface area contributed by atoms with Gasteiger partial charge in [-0.15, -0.1) is 6.42 Å². The molecule has 0 atom stereocenters. The molecule has 0 saturated heterocycles. The van der Waals surface area contributed by atoms with E-state index in [1.165, 1.54) is 0 Å². The predicted molar refractivity (Wildman–Crippen MR) is 109 cm³/mol. The van der Waals surface area contributed by atoms with Gasteiger partial charge in [-0.2, -0.15) is 5.10 Å². The number of aryl methyl sites for hydroxylation is 1. The van der Waals surface area contributed by atoms with Gasteiger partial charge < -0.3 is 10.0 Å². The second kappa shape index (κ2) is 7.40. The summed E-state index contributed by atoms with van der Waals surface area (Å²) in [5.41, 5.74) is 3.09. The van der Waals surface area contributed by atoms with Crippen LogP contribution in [0.25, 0.3) is 16.9 Å². The number of carboxylic acids is 1. The topological polar surface area (TPSA) is 87.8 Å². The van der Waals surface area contributed by atoms with Crippen LogP contribution in [0.5, 0.6) is 0 Å². The molecule has 1 aliphatic rings. The number of carboxylic acid groups (broad SMARTS) is 1. The highest BCUT2D eigenvalue weighted by atomic mass is 16.4. The van der Waals surface area contributed by atoms with Crippen molar-refractivity contribution >= 4 is 23.2 Å². The number of benzene rings is 1. The highest BCUT2D eigenvalue weighted by molar-refractivity contribution is 5.98. The Morgan fingerprint density at radius 3 is 2.79 bits per heavy atom. The van der Waals surface area contributed by atoms with Crippen LogP contribution in [-0.2, 0) is 11.2 Å². The molecule has 1 fully saturated rings. The number of anilines is 1. The second-order valence-corrected chi connectivity index (χ2v) is 7.00. The summed E-state index contributed by atoms with van der Waals surface area (Å²) < 4.78 is 1.55. The molecule has 2 aromatic heterocycles. The summed E-state index contributed by atoms with van der Waals surface area (Å²) in [7, 11) is 0. The number of hydrogen-bond acceptors (Lipinski definition) is 4. The van der Waals surface area contributed by atoms with Gasteiger partial charge in [0, 0.05) is 23.4 Å². The van der Waals surface area contributed by atoms with Crippen molar-refractivity contribution in [1.82, 2.24) is 14.6 Å². The Morgan fingerprint density at radius 2 is 2.14 bits per heavy atom. The first-order valence-electron chi connectivity index (χ1n) is 9.50. The van der Waals surface area contributed by atoms with E-state index in [2.05, 4.69) is 16.0 Å². The second-order valence-electron chi connectivity index (χ2n) is 7.00. The number of amides is 1. The molecule has 1 N–H and O–H groups in total. The molecule has 2 heterocycles. The molecule has 3 aromatic rings. The van der Waals surface area contributed by atoms with Crippen LogP contribution in [0.4, 0.5) is 5.69 Å². The zero-order valence-corrected chi connectivity index (χ0v) is 16.0. The van der Waals surface area contributed by atoms with E-state index in [4.69, 9.17) is 6.42 Å². The molecule has 7 heteroatoms. The van der Waals surface area contributed by atoms with E-state index in [-0.39, 0.29) is 23.9 Å². The number of carbonyl (C=O) groups is 2. The summed E-state index contributed by atoms with van der Waals surface area (Å²) in [6.07, 6.45) is 9.34. The number of carbonyl (C=O) groups excluding carboxylic acids is 1.